The quantitative estimate of drug-likeness (QED) is 0.777. The average Bonchev–Trinajstić information content (AvgIpc) is 2.89. The number of fused-ring (bicyclic) bond motifs is 1. The standard InChI is InChI=1S/C19H20FN3O/c1-4-6-16-18(23-11-14(20)9-10-17(23)21-16)19(24)22-15-8-5-7-12(2)13(15)3/h5,7-11H,4,6H2,1-3H3,(H,22,24). The number of benzene rings is 1. The van der Waals surface area contributed by atoms with Crippen LogP contribution in [0.5, 0.6) is 0 Å². The summed E-state index contributed by atoms with van der Waals surface area (Å²) in [6.07, 6.45) is 2.83. The molecule has 0 aliphatic heterocycles. The van der Waals surface area contributed by atoms with Crippen LogP contribution in [0, 0.1) is 19.7 Å². The summed E-state index contributed by atoms with van der Waals surface area (Å²) in [5.74, 6) is -0.672. The Hall–Kier alpha value is -2.69. The number of aromatic nitrogens is 2. The van der Waals surface area contributed by atoms with Gasteiger partial charge >= 0.3 is 0 Å². The lowest BCUT2D eigenvalue weighted by Gasteiger charge is -2.11. The van der Waals surface area contributed by atoms with E-state index in [0.717, 1.165) is 23.2 Å². The Kier molecular flexibility index (Phi) is 4.34. The number of hydrogen-bond donors (Lipinski definition) is 1. The molecule has 0 saturated carbocycles. The van der Waals surface area contributed by atoms with E-state index in [0.29, 0.717) is 23.5 Å². The predicted octanol–water partition coefficient (Wildman–Crippen LogP) is 4.30. The van der Waals surface area contributed by atoms with Crippen LogP contribution in [0.2, 0.25) is 0 Å². The van der Waals surface area contributed by atoms with Crippen molar-refractivity contribution in [3.63, 3.8) is 0 Å². The maximum Gasteiger partial charge on any atom is 0.274 e. The van der Waals surface area contributed by atoms with Crippen molar-refractivity contribution in [2.75, 3.05) is 5.32 Å². The van der Waals surface area contributed by atoms with Crippen molar-refractivity contribution in [3.05, 3.63) is 64.9 Å². The van der Waals surface area contributed by atoms with Gasteiger partial charge in [0.25, 0.3) is 5.91 Å². The molecule has 0 fully saturated rings. The zero-order valence-corrected chi connectivity index (χ0v) is 14.1. The molecule has 1 N–H and O–H groups in total. The maximum atomic E-state index is 13.6. The zero-order valence-electron chi connectivity index (χ0n) is 14.1. The van der Waals surface area contributed by atoms with Gasteiger partial charge in [-0.3, -0.25) is 9.20 Å². The number of hydrogen-bond acceptors (Lipinski definition) is 2. The summed E-state index contributed by atoms with van der Waals surface area (Å²) in [6.45, 7) is 5.99. The average molecular weight is 325 g/mol. The summed E-state index contributed by atoms with van der Waals surface area (Å²) in [7, 11) is 0. The third-order valence-corrected chi connectivity index (χ3v) is 4.21. The van der Waals surface area contributed by atoms with Crippen LogP contribution in [-0.2, 0) is 6.42 Å². The van der Waals surface area contributed by atoms with Crippen LogP contribution in [0.4, 0.5) is 10.1 Å². The van der Waals surface area contributed by atoms with Crippen molar-refractivity contribution in [2.24, 2.45) is 0 Å². The van der Waals surface area contributed by atoms with Crippen molar-refractivity contribution in [1.82, 2.24) is 9.38 Å². The molecule has 1 amide bonds. The van der Waals surface area contributed by atoms with Gasteiger partial charge in [0.2, 0.25) is 0 Å². The summed E-state index contributed by atoms with van der Waals surface area (Å²) < 4.78 is 15.2. The fourth-order valence-corrected chi connectivity index (χ4v) is 2.79. The Balaban J connectivity index is 2.06. The highest BCUT2D eigenvalue weighted by Crippen LogP contribution is 2.21. The van der Waals surface area contributed by atoms with Crippen LogP contribution < -0.4 is 5.32 Å². The maximum absolute atomic E-state index is 13.6. The number of pyridine rings is 1. The summed E-state index contributed by atoms with van der Waals surface area (Å²) in [4.78, 5) is 17.3. The minimum absolute atomic E-state index is 0.273. The van der Waals surface area contributed by atoms with Gasteiger partial charge in [-0.05, 0) is 49.6 Å². The van der Waals surface area contributed by atoms with Gasteiger partial charge in [-0.15, -0.1) is 0 Å². The van der Waals surface area contributed by atoms with Gasteiger partial charge in [0.05, 0.1) is 5.69 Å². The smallest absolute Gasteiger partial charge is 0.274 e. The number of imidazole rings is 1. The Labute approximate surface area is 140 Å². The molecule has 3 aromatic rings. The van der Waals surface area contributed by atoms with Gasteiger partial charge in [0, 0.05) is 11.9 Å². The summed E-state index contributed by atoms with van der Waals surface area (Å²) in [5, 5.41) is 2.94. The lowest BCUT2D eigenvalue weighted by Crippen LogP contribution is -2.17. The van der Waals surface area contributed by atoms with Crippen LogP contribution in [0.15, 0.2) is 36.5 Å². The van der Waals surface area contributed by atoms with Gasteiger partial charge < -0.3 is 5.32 Å². The largest absolute Gasteiger partial charge is 0.320 e. The van der Waals surface area contributed by atoms with Crippen molar-refractivity contribution in [1.29, 1.82) is 0 Å². The second-order valence-electron chi connectivity index (χ2n) is 5.93. The Morgan fingerprint density at radius 3 is 2.79 bits per heavy atom. The number of aryl methyl sites for hydroxylation is 2. The van der Waals surface area contributed by atoms with Crippen LogP contribution >= 0.6 is 0 Å². The van der Waals surface area contributed by atoms with E-state index in [2.05, 4.69) is 10.3 Å². The number of nitrogens with zero attached hydrogens (tertiary/aromatic N) is 2. The number of carbonyl (C=O) groups excluding carboxylic acids is 1. The fourth-order valence-electron chi connectivity index (χ4n) is 2.79. The number of halogens is 1. The molecule has 0 aliphatic carbocycles. The molecule has 0 radical (unpaired) electrons. The molecule has 0 unspecified atom stereocenters. The molecule has 0 spiro atoms. The minimum atomic E-state index is -0.399. The van der Waals surface area contributed by atoms with Gasteiger partial charge in [-0.1, -0.05) is 25.5 Å². The van der Waals surface area contributed by atoms with E-state index >= 15 is 0 Å². The van der Waals surface area contributed by atoms with Gasteiger partial charge in [-0.2, -0.15) is 0 Å². The first-order chi connectivity index (χ1) is 11.5. The molecular formula is C19H20FN3O. The fraction of sp³-hybridized carbons (Fsp3) is 0.263. The monoisotopic (exact) mass is 325 g/mol. The Bertz CT molecular complexity index is 914. The normalized spacial score (nSPS) is 11.0. The number of carbonyl (C=O) groups is 1. The van der Waals surface area contributed by atoms with E-state index < -0.39 is 5.82 Å². The molecule has 24 heavy (non-hydrogen) atoms. The van der Waals surface area contributed by atoms with E-state index in [9.17, 15) is 9.18 Å². The lowest BCUT2D eigenvalue weighted by atomic mass is 10.1. The van der Waals surface area contributed by atoms with E-state index in [4.69, 9.17) is 0 Å². The van der Waals surface area contributed by atoms with E-state index in [1.807, 2.05) is 39.0 Å². The molecule has 0 aliphatic rings. The highest BCUT2D eigenvalue weighted by atomic mass is 19.1. The Morgan fingerprint density at radius 2 is 2.04 bits per heavy atom. The molecule has 3 rings (SSSR count). The second kappa shape index (κ2) is 6.43. The molecular weight excluding hydrogens is 305 g/mol. The zero-order chi connectivity index (χ0) is 17.3. The first-order valence-electron chi connectivity index (χ1n) is 8.05. The lowest BCUT2D eigenvalue weighted by molar-refractivity contribution is 0.102. The van der Waals surface area contributed by atoms with E-state index in [1.54, 1.807) is 6.07 Å². The van der Waals surface area contributed by atoms with Crippen LogP contribution in [-0.4, -0.2) is 15.3 Å². The molecule has 0 atom stereocenters. The highest BCUT2D eigenvalue weighted by Gasteiger charge is 2.20. The van der Waals surface area contributed by atoms with Crippen LogP contribution in [0.25, 0.3) is 5.65 Å². The summed E-state index contributed by atoms with van der Waals surface area (Å²) >= 11 is 0. The number of rotatable bonds is 4. The van der Waals surface area contributed by atoms with Gasteiger partial charge in [-0.25, -0.2) is 9.37 Å². The van der Waals surface area contributed by atoms with Crippen LogP contribution in [0.3, 0.4) is 0 Å². The molecule has 2 heterocycles. The molecule has 0 saturated heterocycles. The van der Waals surface area contributed by atoms with Crippen molar-refractivity contribution in [2.45, 2.75) is 33.6 Å². The molecule has 5 heteroatoms. The van der Waals surface area contributed by atoms with Crippen molar-refractivity contribution in [3.8, 4) is 0 Å². The molecule has 1 aromatic carbocycles. The van der Waals surface area contributed by atoms with Gasteiger partial charge in [0.1, 0.15) is 17.2 Å². The minimum Gasteiger partial charge on any atom is -0.320 e. The van der Waals surface area contributed by atoms with E-state index in [1.165, 1.54) is 16.7 Å². The summed E-state index contributed by atoms with van der Waals surface area (Å²) in [5.41, 5.74) is 4.53. The number of amides is 1. The second-order valence-corrected chi connectivity index (χ2v) is 5.93. The first kappa shape index (κ1) is 16.2. The predicted molar refractivity (Wildman–Crippen MR) is 93.0 cm³/mol. The molecule has 2 aromatic heterocycles. The SMILES string of the molecule is CCCc1nc2ccc(F)cn2c1C(=O)Nc1cccc(C)c1C. The third kappa shape index (κ3) is 2.89. The van der Waals surface area contributed by atoms with Gasteiger partial charge in [0.15, 0.2) is 0 Å². The Morgan fingerprint density at radius 1 is 1.25 bits per heavy atom. The van der Waals surface area contributed by atoms with Crippen molar-refractivity contribution >= 4 is 17.2 Å². The number of anilines is 1. The van der Waals surface area contributed by atoms with Crippen LogP contribution in [0.1, 0.15) is 40.7 Å². The highest BCUT2D eigenvalue weighted by molar-refractivity contribution is 6.05. The van der Waals surface area contributed by atoms with Crippen molar-refractivity contribution < 1.29 is 9.18 Å². The molecule has 0 bridgehead atoms. The molecule has 124 valence electrons. The summed E-state index contributed by atoms with van der Waals surface area (Å²) in [6, 6.07) is 8.70. The van der Waals surface area contributed by atoms with E-state index in [-0.39, 0.29) is 5.91 Å². The topological polar surface area (TPSA) is 46.4 Å². The third-order valence-electron chi connectivity index (χ3n) is 4.21. The first-order valence-corrected chi connectivity index (χ1v) is 8.05. The number of nitrogens with one attached hydrogen (secondary N) is 1. The molecule has 4 nitrogen and oxygen atoms in total.